The van der Waals surface area contributed by atoms with E-state index in [1.807, 2.05) is 31.2 Å². The fourth-order valence-corrected chi connectivity index (χ4v) is 6.89. The van der Waals surface area contributed by atoms with E-state index in [0.29, 0.717) is 42.2 Å². The maximum Gasteiger partial charge on any atom is 0.263 e. The van der Waals surface area contributed by atoms with Gasteiger partial charge in [0.05, 0.1) is 29.8 Å². The van der Waals surface area contributed by atoms with Gasteiger partial charge in [-0.05, 0) is 48.9 Å². The quantitative estimate of drug-likeness (QED) is 0.359. The van der Waals surface area contributed by atoms with Crippen LogP contribution in [-0.2, 0) is 26.1 Å². The zero-order valence-corrected chi connectivity index (χ0v) is 23.0. The van der Waals surface area contributed by atoms with Crippen molar-refractivity contribution < 1.29 is 17.9 Å². The van der Waals surface area contributed by atoms with E-state index in [2.05, 4.69) is 26.2 Å². The van der Waals surface area contributed by atoms with Crippen molar-refractivity contribution in [3.8, 4) is 11.1 Å². The number of sulfonamides is 1. The maximum absolute atomic E-state index is 13.4. The van der Waals surface area contributed by atoms with Crippen molar-refractivity contribution in [1.29, 1.82) is 0 Å². The maximum atomic E-state index is 13.4. The highest BCUT2D eigenvalue weighted by Gasteiger charge is 2.26. The summed E-state index contributed by atoms with van der Waals surface area (Å²) in [6.45, 7) is 3.06. The lowest BCUT2D eigenvalue weighted by Gasteiger charge is -2.26. The first-order valence-electron chi connectivity index (χ1n) is 11.5. The number of carbonyl (C=O) groups is 1. The monoisotopic (exact) mass is 602 g/mol. The van der Waals surface area contributed by atoms with Crippen LogP contribution >= 0.6 is 27.3 Å². The fraction of sp³-hybridized carbons (Fsp3) is 0.240. The predicted octanol–water partition coefficient (Wildman–Crippen LogP) is 3.86. The number of nitrogens with one attached hydrogen (secondary N) is 1. The van der Waals surface area contributed by atoms with E-state index in [9.17, 15) is 18.0 Å². The fourth-order valence-electron chi connectivity index (χ4n) is 4.22. The van der Waals surface area contributed by atoms with E-state index in [1.165, 1.54) is 50.8 Å². The molecule has 0 radical (unpaired) electrons. The second-order valence-electron chi connectivity index (χ2n) is 8.49. The van der Waals surface area contributed by atoms with Crippen LogP contribution in [0.5, 0.6) is 0 Å². The van der Waals surface area contributed by atoms with Gasteiger partial charge in [-0.2, -0.15) is 4.31 Å². The molecule has 37 heavy (non-hydrogen) atoms. The van der Waals surface area contributed by atoms with E-state index in [1.54, 1.807) is 0 Å². The SMILES string of the molecule is Cc1sc2ncn(CC(=O)Nc3ccc(S(=O)(=O)N4CCOCC4)cc3)c(=O)c2c1-c1ccc(Br)cc1. The van der Waals surface area contributed by atoms with E-state index in [4.69, 9.17) is 4.74 Å². The van der Waals surface area contributed by atoms with Crippen molar-refractivity contribution >= 4 is 59.1 Å². The number of amides is 1. The van der Waals surface area contributed by atoms with Gasteiger partial charge in [0.1, 0.15) is 11.4 Å². The Kier molecular flexibility index (Phi) is 7.28. The molecule has 4 aromatic rings. The van der Waals surface area contributed by atoms with Crippen LogP contribution in [0.3, 0.4) is 0 Å². The van der Waals surface area contributed by atoms with Crippen molar-refractivity contribution in [1.82, 2.24) is 13.9 Å². The van der Waals surface area contributed by atoms with Gasteiger partial charge in [-0.25, -0.2) is 13.4 Å². The number of morpholine rings is 1. The van der Waals surface area contributed by atoms with Gasteiger partial charge in [0, 0.05) is 33.7 Å². The van der Waals surface area contributed by atoms with Gasteiger partial charge in [0.2, 0.25) is 15.9 Å². The minimum Gasteiger partial charge on any atom is -0.379 e. The Morgan fingerprint density at radius 1 is 1.11 bits per heavy atom. The third-order valence-electron chi connectivity index (χ3n) is 6.05. The number of ether oxygens (including phenoxy) is 1. The Morgan fingerprint density at radius 2 is 1.78 bits per heavy atom. The van der Waals surface area contributed by atoms with E-state index >= 15 is 0 Å². The molecule has 5 rings (SSSR count). The summed E-state index contributed by atoms with van der Waals surface area (Å²) in [6, 6.07) is 13.7. The molecule has 0 bridgehead atoms. The third kappa shape index (κ3) is 5.25. The first-order valence-corrected chi connectivity index (χ1v) is 14.5. The summed E-state index contributed by atoms with van der Waals surface area (Å²) in [5.74, 6) is -0.427. The van der Waals surface area contributed by atoms with E-state index in [-0.39, 0.29) is 17.0 Å². The van der Waals surface area contributed by atoms with Gasteiger partial charge in [-0.15, -0.1) is 11.3 Å². The molecule has 3 heterocycles. The number of aromatic nitrogens is 2. The van der Waals surface area contributed by atoms with Gasteiger partial charge >= 0.3 is 0 Å². The Balaban J connectivity index is 1.35. The lowest BCUT2D eigenvalue weighted by atomic mass is 10.0. The molecule has 0 spiro atoms. The molecule has 192 valence electrons. The minimum atomic E-state index is -3.62. The van der Waals surface area contributed by atoms with Gasteiger partial charge < -0.3 is 10.1 Å². The first kappa shape index (κ1) is 25.7. The van der Waals surface area contributed by atoms with Crippen molar-refractivity contribution in [3.05, 3.63) is 74.6 Å². The summed E-state index contributed by atoms with van der Waals surface area (Å²) in [5, 5.41) is 3.21. The molecule has 1 aliphatic rings. The van der Waals surface area contributed by atoms with E-state index in [0.717, 1.165) is 20.5 Å². The number of anilines is 1. The molecule has 9 nitrogen and oxygen atoms in total. The molecule has 1 aliphatic heterocycles. The third-order valence-corrected chi connectivity index (χ3v) is 9.50. The number of carbonyl (C=O) groups excluding carboxylic acids is 1. The summed E-state index contributed by atoms with van der Waals surface area (Å²) in [5.41, 5.74) is 1.85. The zero-order chi connectivity index (χ0) is 26.2. The van der Waals surface area contributed by atoms with Gasteiger partial charge in [0.15, 0.2) is 0 Å². The number of fused-ring (bicyclic) bond motifs is 1. The number of nitrogens with zero attached hydrogens (tertiary/aromatic N) is 3. The molecule has 1 fully saturated rings. The van der Waals surface area contributed by atoms with Crippen LogP contribution in [0.25, 0.3) is 21.3 Å². The molecular weight excluding hydrogens is 580 g/mol. The molecule has 1 amide bonds. The summed E-state index contributed by atoms with van der Waals surface area (Å²) >= 11 is 4.87. The van der Waals surface area contributed by atoms with Crippen LogP contribution in [0.1, 0.15) is 4.88 Å². The number of hydrogen-bond acceptors (Lipinski definition) is 7. The number of rotatable bonds is 6. The Labute approximate surface area is 225 Å². The number of thiophene rings is 1. The van der Waals surface area contributed by atoms with Gasteiger partial charge in [-0.3, -0.25) is 14.2 Å². The van der Waals surface area contributed by atoms with Crippen LogP contribution in [-0.4, -0.2) is 54.5 Å². The molecule has 2 aromatic carbocycles. The second-order valence-corrected chi connectivity index (χ2v) is 12.5. The highest BCUT2D eigenvalue weighted by atomic mass is 79.9. The van der Waals surface area contributed by atoms with Crippen LogP contribution in [0.2, 0.25) is 0 Å². The van der Waals surface area contributed by atoms with Crippen molar-refractivity contribution in [2.24, 2.45) is 0 Å². The summed E-state index contributed by atoms with van der Waals surface area (Å²) < 4.78 is 34.4. The molecule has 2 aromatic heterocycles. The van der Waals surface area contributed by atoms with E-state index < -0.39 is 15.9 Å². The van der Waals surface area contributed by atoms with Crippen LogP contribution < -0.4 is 10.9 Å². The van der Waals surface area contributed by atoms with Crippen LogP contribution in [0.15, 0.2) is 69.0 Å². The molecule has 0 aliphatic carbocycles. The smallest absolute Gasteiger partial charge is 0.263 e. The summed E-state index contributed by atoms with van der Waals surface area (Å²) in [7, 11) is -3.62. The highest BCUT2D eigenvalue weighted by Crippen LogP contribution is 2.35. The summed E-state index contributed by atoms with van der Waals surface area (Å²) in [6.07, 6.45) is 1.38. The lowest BCUT2D eigenvalue weighted by Crippen LogP contribution is -2.40. The molecule has 0 unspecified atom stereocenters. The Morgan fingerprint density at radius 3 is 2.46 bits per heavy atom. The zero-order valence-electron chi connectivity index (χ0n) is 19.8. The van der Waals surface area contributed by atoms with Crippen molar-refractivity contribution in [2.45, 2.75) is 18.4 Å². The normalized spacial score (nSPS) is 14.6. The molecule has 1 saturated heterocycles. The Bertz CT molecular complexity index is 1620. The molecule has 0 atom stereocenters. The molecular formula is C25H23BrN4O5S2. The van der Waals surface area contributed by atoms with Gasteiger partial charge in [-0.1, -0.05) is 28.1 Å². The average molecular weight is 604 g/mol. The topological polar surface area (TPSA) is 111 Å². The average Bonchev–Trinajstić information content (AvgIpc) is 3.23. The van der Waals surface area contributed by atoms with Crippen LogP contribution in [0.4, 0.5) is 5.69 Å². The number of hydrogen-bond donors (Lipinski definition) is 1. The number of halogens is 1. The van der Waals surface area contributed by atoms with Crippen molar-refractivity contribution in [3.63, 3.8) is 0 Å². The van der Waals surface area contributed by atoms with Gasteiger partial charge in [0.25, 0.3) is 5.56 Å². The second kappa shape index (κ2) is 10.5. The molecule has 0 saturated carbocycles. The standard InChI is InChI=1S/C25H23BrN4O5S2/c1-16-22(17-2-4-18(26)5-3-17)23-24(36-16)27-15-29(25(23)32)14-21(31)28-19-6-8-20(9-7-19)37(33,34)30-10-12-35-13-11-30/h2-9,15H,10-14H2,1H3,(H,28,31). The first-order chi connectivity index (χ1) is 17.7. The number of aryl methyl sites for hydroxylation is 1. The van der Waals surface area contributed by atoms with Crippen molar-refractivity contribution in [2.75, 3.05) is 31.6 Å². The summed E-state index contributed by atoms with van der Waals surface area (Å²) in [4.78, 5) is 32.3. The number of benzene rings is 2. The highest BCUT2D eigenvalue weighted by molar-refractivity contribution is 9.10. The Hall–Kier alpha value is -2.90. The minimum absolute atomic E-state index is 0.145. The molecule has 12 heteroatoms. The largest absolute Gasteiger partial charge is 0.379 e. The van der Waals surface area contributed by atoms with Crippen LogP contribution in [0, 0.1) is 6.92 Å². The molecule has 1 N–H and O–H groups in total. The predicted molar refractivity (Wildman–Crippen MR) is 146 cm³/mol. The lowest BCUT2D eigenvalue weighted by molar-refractivity contribution is -0.116.